The second kappa shape index (κ2) is 9.78. The molecule has 9 heteroatoms. The summed E-state index contributed by atoms with van der Waals surface area (Å²) in [7, 11) is 0. The van der Waals surface area contributed by atoms with E-state index >= 15 is 0 Å². The second-order valence-corrected chi connectivity index (χ2v) is 8.86. The molecule has 5 nitrogen and oxygen atoms in total. The second-order valence-electron chi connectivity index (χ2n) is 6.07. The van der Waals surface area contributed by atoms with E-state index in [0.29, 0.717) is 15.7 Å². The zero-order valence-electron chi connectivity index (χ0n) is 15.5. The zero-order valence-corrected chi connectivity index (χ0v) is 18.7. The van der Waals surface area contributed by atoms with Gasteiger partial charge in [0.15, 0.2) is 11.0 Å². The van der Waals surface area contributed by atoms with Gasteiger partial charge in [0.05, 0.1) is 16.5 Å². The molecule has 0 fully saturated rings. The fraction of sp³-hybridized carbons (Fsp3) is 0.316. The number of nitrogens with one attached hydrogen (secondary N) is 1. The smallest absolute Gasteiger partial charge is 0.234 e. The van der Waals surface area contributed by atoms with Gasteiger partial charge in [-0.15, -0.1) is 21.5 Å². The number of hydrogen-bond acceptors (Lipinski definition) is 5. The average molecular weight is 455 g/mol. The maximum Gasteiger partial charge on any atom is 0.234 e. The Bertz CT molecular complexity index is 971. The van der Waals surface area contributed by atoms with Gasteiger partial charge >= 0.3 is 0 Å². The maximum atomic E-state index is 12.3. The van der Waals surface area contributed by atoms with Gasteiger partial charge in [-0.1, -0.05) is 48.8 Å². The van der Waals surface area contributed by atoms with Crippen molar-refractivity contribution in [1.29, 1.82) is 0 Å². The van der Waals surface area contributed by atoms with Crippen LogP contribution in [-0.4, -0.2) is 26.4 Å². The molecule has 3 aromatic rings. The first-order valence-corrected chi connectivity index (χ1v) is 11.5. The van der Waals surface area contributed by atoms with Gasteiger partial charge < -0.3 is 9.88 Å². The number of rotatable bonds is 8. The van der Waals surface area contributed by atoms with Crippen molar-refractivity contribution in [3.05, 3.63) is 44.6 Å². The lowest BCUT2D eigenvalue weighted by molar-refractivity contribution is -0.113. The van der Waals surface area contributed by atoms with Crippen molar-refractivity contribution in [1.82, 2.24) is 14.8 Å². The number of carbonyl (C=O) groups excluding carboxylic acids is 1. The number of anilines is 1. The van der Waals surface area contributed by atoms with Crippen molar-refractivity contribution in [3.63, 3.8) is 0 Å². The van der Waals surface area contributed by atoms with Crippen LogP contribution in [0, 0.1) is 0 Å². The molecule has 2 aromatic heterocycles. The zero-order chi connectivity index (χ0) is 20.1. The van der Waals surface area contributed by atoms with Gasteiger partial charge in [-0.2, -0.15) is 0 Å². The molecule has 0 radical (unpaired) electrons. The standard InChI is InChI=1S/C19H20Cl2N4OS2/c1-3-7-25-18(12-8-14(4-2)27-10-12)23-24-19(25)28-11-17(26)22-16-9-13(20)5-6-15(16)21/h5-6,8-10H,3-4,7,11H2,1-2H3,(H,22,26). The van der Waals surface area contributed by atoms with Gasteiger partial charge in [0.25, 0.3) is 0 Å². The first-order chi connectivity index (χ1) is 13.5. The molecule has 0 bridgehead atoms. The maximum absolute atomic E-state index is 12.3. The monoisotopic (exact) mass is 454 g/mol. The van der Waals surface area contributed by atoms with Crippen LogP contribution in [0.15, 0.2) is 34.8 Å². The van der Waals surface area contributed by atoms with E-state index in [9.17, 15) is 4.79 Å². The van der Waals surface area contributed by atoms with E-state index < -0.39 is 0 Å². The van der Waals surface area contributed by atoms with Crippen LogP contribution in [-0.2, 0) is 17.8 Å². The third kappa shape index (κ3) is 5.08. The lowest BCUT2D eigenvalue weighted by Crippen LogP contribution is -2.15. The van der Waals surface area contributed by atoms with Crippen molar-refractivity contribution >= 4 is 57.9 Å². The van der Waals surface area contributed by atoms with Crippen LogP contribution < -0.4 is 5.32 Å². The molecule has 0 aliphatic carbocycles. The highest BCUT2D eigenvalue weighted by Crippen LogP contribution is 2.29. The lowest BCUT2D eigenvalue weighted by Gasteiger charge is -2.09. The van der Waals surface area contributed by atoms with E-state index in [1.165, 1.54) is 16.6 Å². The number of benzene rings is 1. The first-order valence-electron chi connectivity index (χ1n) is 8.90. The summed E-state index contributed by atoms with van der Waals surface area (Å²) in [6, 6.07) is 7.12. The average Bonchev–Trinajstić information content (AvgIpc) is 3.30. The summed E-state index contributed by atoms with van der Waals surface area (Å²) in [6.07, 6.45) is 1.95. The number of thiophene rings is 1. The molecule has 3 rings (SSSR count). The first kappa shape index (κ1) is 21.2. The third-order valence-electron chi connectivity index (χ3n) is 3.96. The summed E-state index contributed by atoms with van der Waals surface area (Å²) in [5, 5.41) is 15.3. The van der Waals surface area contributed by atoms with E-state index in [2.05, 4.69) is 45.4 Å². The normalized spacial score (nSPS) is 11.0. The largest absolute Gasteiger partial charge is 0.324 e. The Hall–Kier alpha value is -1.54. The van der Waals surface area contributed by atoms with Crippen molar-refractivity contribution in [2.75, 3.05) is 11.1 Å². The molecule has 0 unspecified atom stereocenters. The van der Waals surface area contributed by atoms with Gasteiger partial charge in [0.2, 0.25) is 5.91 Å². The molecule has 0 aliphatic heterocycles. The van der Waals surface area contributed by atoms with Crippen LogP contribution in [0.25, 0.3) is 11.4 Å². The van der Waals surface area contributed by atoms with Gasteiger partial charge in [-0.3, -0.25) is 4.79 Å². The number of hydrogen-bond donors (Lipinski definition) is 1. The third-order valence-corrected chi connectivity index (χ3v) is 6.57. The molecule has 0 atom stereocenters. The van der Waals surface area contributed by atoms with Crippen LogP contribution in [0.2, 0.25) is 10.0 Å². The number of aryl methyl sites for hydroxylation is 1. The highest BCUT2D eigenvalue weighted by molar-refractivity contribution is 7.99. The van der Waals surface area contributed by atoms with Crippen LogP contribution in [0.3, 0.4) is 0 Å². The highest BCUT2D eigenvalue weighted by atomic mass is 35.5. The Morgan fingerprint density at radius 1 is 1.25 bits per heavy atom. The number of halogens is 2. The molecule has 2 heterocycles. The molecule has 0 saturated carbocycles. The number of nitrogens with zero attached hydrogens (tertiary/aromatic N) is 3. The molecular weight excluding hydrogens is 435 g/mol. The number of carbonyl (C=O) groups is 1. The Morgan fingerprint density at radius 3 is 2.79 bits per heavy atom. The molecule has 1 amide bonds. The van der Waals surface area contributed by atoms with Crippen LogP contribution in [0.1, 0.15) is 25.1 Å². The predicted molar refractivity (Wildman–Crippen MR) is 119 cm³/mol. The van der Waals surface area contributed by atoms with Crippen molar-refractivity contribution in [2.45, 2.75) is 38.4 Å². The fourth-order valence-electron chi connectivity index (χ4n) is 2.63. The van der Waals surface area contributed by atoms with Crippen LogP contribution in [0.5, 0.6) is 0 Å². The molecule has 1 aromatic carbocycles. The molecule has 28 heavy (non-hydrogen) atoms. The summed E-state index contributed by atoms with van der Waals surface area (Å²) in [6.45, 7) is 5.04. The number of aromatic nitrogens is 3. The van der Waals surface area contributed by atoms with Gasteiger partial charge in [-0.05, 0) is 37.1 Å². The molecule has 0 saturated heterocycles. The minimum atomic E-state index is -0.175. The van der Waals surface area contributed by atoms with Crippen molar-refractivity contribution in [3.8, 4) is 11.4 Å². The van der Waals surface area contributed by atoms with E-state index in [-0.39, 0.29) is 11.7 Å². The quantitative estimate of drug-likeness (QED) is 0.422. The SMILES string of the molecule is CCCn1c(SCC(=O)Nc2cc(Cl)ccc2Cl)nnc1-c1csc(CC)c1. The summed E-state index contributed by atoms with van der Waals surface area (Å²) in [5.74, 6) is 0.873. The molecule has 1 N–H and O–H groups in total. The summed E-state index contributed by atoms with van der Waals surface area (Å²) in [5.41, 5.74) is 1.57. The molecular formula is C19H20Cl2N4OS2. The summed E-state index contributed by atoms with van der Waals surface area (Å²) in [4.78, 5) is 13.7. The number of amides is 1. The fourth-order valence-corrected chi connectivity index (χ4v) is 4.54. The highest BCUT2D eigenvalue weighted by Gasteiger charge is 2.16. The van der Waals surface area contributed by atoms with Crippen LogP contribution >= 0.6 is 46.3 Å². The Morgan fingerprint density at radius 2 is 2.07 bits per heavy atom. The Labute approximate surface area is 182 Å². The Balaban J connectivity index is 1.71. The lowest BCUT2D eigenvalue weighted by atomic mass is 10.2. The van der Waals surface area contributed by atoms with E-state index in [0.717, 1.165) is 35.9 Å². The molecule has 0 aliphatic rings. The molecule has 0 spiro atoms. The van der Waals surface area contributed by atoms with Crippen molar-refractivity contribution < 1.29 is 4.79 Å². The number of thioether (sulfide) groups is 1. The summed E-state index contributed by atoms with van der Waals surface area (Å²) < 4.78 is 2.08. The van der Waals surface area contributed by atoms with Gasteiger partial charge in [-0.25, -0.2) is 0 Å². The molecule has 148 valence electrons. The minimum Gasteiger partial charge on any atom is -0.324 e. The predicted octanol–water partition coefficient (Wildman–Crippen LogP) is 6.02. The van der Waals surface area contributed by atoms with Gasteiger partial charge in [0, 0.05) is 27.4 Å². The topological polar surface area (TPSA) is 59.8 Å². The van der Waals surface area contributed by atoms with E-state index in [1.807, 2.05) is 0 Å². The minimum absolute atomic E-state index is 0.175. The van der Waals surface area contributed by atoms with E-state index in [1.54, 1.807) is 29.5 Å². The Kier molecular flexibility index (Phi) is 7.40. The van der Waals surface area contributed by atoms with Gasteiger partial charge in [0.1, 0.15) is 0 Å². The summed E-state index contributed by atoms with van der Waals surface area (Å²) >= 11 is 15.2. The van der Waals surface area contributed by atoms with E-state index in [4.69, 9.17) is 23.2 Å². The van der Waals surface area contributed by atoms with Crippen molar-refractivity contribution in [2.24, 2.45) is 0 Å². The van der Waals surface area contributed by atoms with Crippen LogP contribution in [0.4, 0.5) is 5.69 Å².